The van der Waals surface area contributed by atoms with E-state index in [4.69, 9.17) is 11.6 Å². The van der Waals surface area contributed by atoms with Gasteiger partial charge >= 0.3 is 0 Å². The van der Waals surface area contributed by atoms with Gasteiger partial charge in [-0.15, -0.1) is 0 Å². The first-order valence-electron chi connectivity index (χ1n) is 12.2. The summed E-state index contributed by atoms with van der Waals surface area (Å²) in [5.74, 6) is 0.257. The molecule has 2 aromatic rings. The molecule has 0 saturated carbocycles. The van der Waals surface area contributed by atoms with Crippen molar-refractivity contribution in [2.45, 2.75) is 38.1 Å². The molecule has 1 N–H and O–H groups in total. The molecule has 5 rings (SSSR count). The molecule has 178 valence electrons. The van der Waals surface area contributed by atoms with Crippen molar-refractivity contribution in [3.05, 3.63) is 75.8 Å². The molecule has 5 nitrogen and oxygen atoms in total. The number of piperidine rings is 1. The molecule has 2 amide bonds. The van der Waals surface area contributed by atoms with Crippen LogP contribution in [0, 0.1) is 12.8 Å². The highest BCUT2D eigenvalue weighted by atomic mass is 35.5. The van der Waals surface area contributed by atoms with E-state index in [1.807, 2.05) is 11.8 Å². The number of allylic oxidation sites excluding steroid dienone is 1. The van der Waals surface area contributed by atoms with E-state index in [2.05, 4.69) is 53.6 Å². The van der Waals surface area contributed by atoms with Crippen molar-refractivity contribution in [1.82, 2.24) is 15.1 Å². The van der Waals surface area contributed by atoms with E-state index in [9.17, 15) is 9.59 Å². The number of rotatable bonds is 4. The number of hydrogen-bond donors (Lipinski definition) is 1. The number of nitrogens with zero attached hydrogens (tertiary/aromatic N) is 2. The molecule has 2 saturated heterocycles. The largest absolute Gasteiger partial charge is 0.343 e. The fraction of sp³-hybridized carbons (Fsp3) is 0.429. The molecular formula is C28H32ClN3O2. The van der Waals surface area contributed by atoms with Gasteiger partial charge in [0.1, 0.15) is 0 Å². The van der Waals surface area contributed by atoms with Gasteiger partial charge in [-0.3, -0.25) is 14.5 Å². The Morgan fingerprint density at radius 3 is 2.76 bits per heavy atom. The van der Waals surface area contributed by atoms with E-state index in [1.54, 1.807) is 18.2 Å². The average molecular weight is 478 g/mol. The third-order valence-electron chi connectivity index (χ3n) is 8.08. The predicted octanol–water partition coefficient (Wildman–Crippen LogP) is 4.29. The number of carbonyl (C=O) groups excluding carboxylic acids is 2. The molecule has 2 aliphatic heterocycles. The Morgan fingerprint density at radius 1 is 1.15 bits per heavy atom. The monoisotopic (exact) mass is 477 g/mol. The van der Waals surface area contributed by atoms with Crippen molar-refractivity contribution in [2.24, 2.45) is 5.92 Å². The molecule has 3 atom stereocenters. The number of fused-ring (bicyclic) bond motifs is 2. The number of aryl methyl sites for hydroxylation is 1. The van der Waals surface area contributed by atoms with Crippen molar-refractivity contribution in [2.75, 3.05) is 32.7 Å². The molecule has 2 heterocycles. The van der Waals surface area contributed by atoms with Crippen molar-refractivity contribution in [3.63, 3.8) is 0 Å². The lowest BCUT2D eigenvalue weighted by atomic mass is 9.68. The first-order valence-corrected chi connectivity index (χ1v) is 12.6. The fourth-order valence-electron chi connectivity index (χ4n) is 5.98. The lowest BCUT2D eigenvalue weighted by Gasteiger charge is -2.46. The smallest absolute Gasteiger partial charge is 0.251 e. The molecule has 0 radical (unpaired) electrons. The zero-order chi connectivity index (χ0) is 23.9. The predicted molar refractivity (Wildman–Crippen MR) is 136 cm³/mol. The van der Waals surface area contributed by atoms with Crippen LogP contribution in [-0.4, -0.2) is 60.4 Å². The van der Waals surface area contributed by atoms with Crippen LogP contribution in [0.4, 0.5) is 0 Å². The van der Waals surface area contributed by atoms with Crippen molar-refractivity contribution in [3.8, 4) is 0 Å². The van der Waals surface area contributed by atoms with Gasteiger partial charge in [0.15, 0.2) is 0 Å². The van der Waals surface area contributed by atoms with E-state index >= 15 is 0 Å². The lowest BCUT2D eigenvalue weighted by Crippen LogP contribution is -2.51. The molecule has 3 unspecified atom stereocenters. The molecule has 1 spiro atoms. The van der Waals surface area contributed by atoms with Crippen LogP contribution in [0.1, 0.15) is 46.8 Å². The Kier molecular flexibility index (Phi) is 6.26. The van der Waals surface area contributed by atoms with E-state index in [-0.39, 0.29) is 23.8 Å². The van der Waals surface area contributed by atoms with Gasteiger partial charge in [-0.2, -0.15) is 0 Å². The van der Waals surface area contributed by atoms with E-state index < -0.39 is 0 Å². The summed E-state index contributed by atoms with van der Waals surface area (Å²) in [5, 5.41) is 3.40. The molecule has 2 fully saturated rings. The second-order valence-electron chi connectivity index (χ2n) is 10.0. The second-order valence-corrected chi connectivity index (χ2v) is 10.4. The minimum Gasteiger partial charge on any atom is -0.343 e. The van der Waals surface area contributed by atoms with Crippen molar-refractivity contribution < 1.29 is 9.59 Å². The third-order valence-corrected chi connectivity index (χ3v) is 8.50. The highest BCUT2D eigenvalue weighted by molar-refractivity contribution is 6.31. The molecule has 2 aromatic carbocycles. The number of benzene rings is 2. The highest BCUT2D eigenvalue weighted by Gasteiger charge is 2.45. The second kappa shape index (κ2) is 9.20. The number of amides is 2. The summed E-state index contributed by atoms with van der Waals surface area (Å²) in [7, 11) is 0. The van der Waals surface area contributed by atoms with E-state index in [0.717, 1.165) is 44.6 Å². The summed E-state index contributed by atoms with van der Waals surface area (Å²) >= 11 is 6.04. The zero-order valence-corrected chi connectivity index (χ0v) is 20.6. The van der Waals surface area contributed by atoms with Crippen LogP contribution in [0.25, 0.3) is 6.08 Å². The first kappa shape index (κ1) is 23.1. The van der Waals surface area contributed by atoms with Gasteiger partial charge in [0.2, 0.25) is 5.91 Å². The SMILES string of the molecule is Cc1cc(C(=O)NCC(=O)N2CCC(N3CCC4(C=Cc5ccccc54)C(C)C3)C2)ccc1Cl. The summed E-state index contributed by atoms with van der Waals surface area (Å²) < 4.78 is 0. The van der Waals surface area contributed by atoms with Gasteiger partial charge < -0.3 is 10.2 Å². The fourth-order valence-corrected chi connectivity index (χ4v) is 6.09. The molecule has 3 aliphatic rings. The number of hydrogen-bond acceptors (Lipinski definition) is 3. The first-order chi connectivity index (χ1) is 16.4. The maximum atomic E-state index is 12.8. The van der Waals surface area contributed by atoms with Gasteiger partial charge in [-0.05, 0) is 67.1 Å². The van der Waals surface area contributed by atoms with Crippen molar-refractivity contribution >= 4 is 29.5 Å². The maximum absolute atomic E-state index is 12.8. The van der Waals surface area contributed by atoms with Crippen molar-refractivity contribution in [1.29, 1.82) is 0 Å². The van der Waals surface area contributed by atoms with Crippen LogP contribution in [-0.2, 0) is 10.2 Å². The Balaban J connectivity index is 1.14. The molecule has 6 heteroatoms. The van der Waals surface area contributed by atoms with Gasteiger partial charge in [0.25, 0.3) is 5.91 Å². The molecule has 34 heavy (non-hydrogen) atoms. The topological polar surface area (TPSA) is 52.7 Å². The summed E-state index contributed by atoms with van der Waals surface area (Å²) in [4.78, 5) is 29.7. The summed E-state index contributed by atoms with van der Waals surface area (Å²) in [6.45, 7) is 7.82. The number of nitrogens with one attached hydrogen (secondary N) is 1. The highest BCUT2D eigenvalue weighted by Crippen LogP contribution is 2.47. The Morgan fingerprint density at radius 2 is 1.97 bits per heavy atom. The third kappa shape index (κ3) is 4.16. The summed E-state index contributed by atoms with van der Waals surface area (Å²) in [5.41, 5.74) is 4.34. The van der Waals surface area contributed by atoms with Crippen LogP contribution in [0.3, 0.4) is 0 Å². The number of halogens is 1. The van der Waals surface area contributed by atoms with Gasteiger partial charge in [-0.25, -0.2) is 0 Å². The maximum Gasteiger partial charge on any atom is 0.251 e. The average Bonchev–Trinajstić information content (AvgIpc) is 3.48. The van der Waals surface area contributed by atoms with Crippen LogP contribution < -0.4 is 5.32 Å². The zero-order valence-electron chi connectivity index (χ0n) is 19.9. The molecule has 1 aliphatic carbocycles. The number of likely N-dealkylation sites (tertiary alicyclic amines) is 2. The van der Waals surface area contributed by atoms with Gasteiger partial charge in [0, 0.05) is 41.7 Å². The normalized spacial score (nSPS) is 26.1. The minimum absolute atomic E-state index is 0.0179. The molecule has 0 bridgehead atoms. The van der Waals surface area contributed by atoms with Gasteiger partial charge in [0.05, 0.1) is 6.54 Å². The summed E-state index contributed by atoms with van der Waals surface area (Å²) in [6, 6.07) is 14.3. The van der Waals surface area contributed by atoms with Crippen LogP contribution in [0.5, 0.6) is 0 Å². The summed E-state index contributed by atoms with van der Waals surface area (Å²) in [6.07, 6.45) is 6.82. The minimum atomic E-state index is -0.246. The lowest BCUT2D eigenvalue weighted by molar-refractivity contribution is -0.129. The van der Waals surface area contributed by atoms with E-state index in [0.29, 0.717) is 22.5 Å². The molecule has 0 aromatic heterocycles. The molecular weight excluding hydrogens is 446 g/mol. The van der Waals surface area contributed by atoms with Crippen LogP contribution in [0.2, 0.25) is 5.02 Å². The Hall–Kier alpha value is -2.63. The standard InChI is InChI=1S/C28H32ClN3O2/c1-19-15-22(7-8-25(19)29)27(34)30-16-26(33)32-13-10-23(18-32)31-14-12-28(20(2)17-31)11-9-21-5-3-4-6-24(21)28/h3-9,11,15,20,23H,10,12-14,16-18H2,1-2H3,(H,30,34). The van der Waals surface area contributed by atoms with Crippen LogP contribution in [0.15, 0.2) is 48.5 Å². The Labute approximate surface area is 206 Å². The van der Waals surface area contributed by atoms with Crippen LogP contribution >= 0.6 is 11.6 Å². The number of carbonyl (C=O) groups is 2. The quantitative estimate of drug-likeness (QED) is 0.714. The Bertz CT molecular complexity index is 1150. The van der Waals surface area contributed by atoms with Gasteiger partial charge in [-0.1, -0.05) is 54.9 Å². The van der Waals surface area contributed by atoms with E-state index in [1.165, 1.54) is 11.1 Å².